The van der Waals surface area contributed by atoms with E-state index in [9.17, 15) is 21.6 Å². The van der Waals surface area contributed by atoms with Crippen molar-refractivity contribution in [3.63, 3.8) is 0 Å². The maximum atomic E-state index is 13.0. The van der Waals surface area contributed by atoms with E-state index in [1.165, 1.54) is 28.6 Å². The molecule has 10 heteroatoms. The van der Waals surface area contributed by atoms with Crippen molar-refractivity contribution in [3.05, 3.63) is 89.5 Å². The van der Waals surface area contributed by atoms with Crippen LogP contribution in [-0.4, -0.2) is 45.9 Å². The van der Waals surface area contributed by atoms with E-state index in [0.29, 0.717) is 43.6 Å². The molecule has 1 fully saturated rings. The van der Waals surface area contributed by atoms with Gasteiger partial charge in [-0.25, -0.2) is 21.1 Å². The lowest BCUT2D eigenvalue weighted by molar-refractivity contribution is -0.120. The van der Waals surface area contributed by atoms with Crippen LogP contribution in [0.1, 0.15) is 36.0 Å². The topological polar surface area (TPSA) is 113 Å². The fourth-order valence-electron chi connectivity index (χ4n) is 4.62. The summed E-state index contributed by atoms with van der Waals surface area (Å²) in [5, 5.41) is 2.81. The molecule has 1 saturated heterocycles. The standard InChI is InChI=1S/C29H35N3O5S2/c1-22-12-13-27(20-23(22)2)31-39(36,37)28-16-14-26(15-17-28)30-29(33)25-11-6-18-32(21-25)38(34,35)19-7-10-24-8-4-3-5-9-24/h3-5,8-9,12-17,20,25,31H,6-7,10-11,18-19,21H2,1-2H3,(H,30,33)/t25-/m1/s1. The summed E-state index contributed by atoms with van der Waals surface area (Å²) < 4.78 is 55.5. The Balaban J connectivity index is 1.32. The molecule has 2 N–H and O–H groups in total. The molecule has 3 aromatic rings. The Kier molecular flexibility index (Phi) is 9.09. The van der Waals surface area contributed by atoms with Gasteiger partial charge >= 0.3 is 0 Å². The lowest BCUT2D eigenvalue weighted by Gasteiger charge is -2.31. The molecule has 0 bridgehead atoms. The minimum absolute atomic E-state index is 0.0440. The van der Waals surface area contributed by atoms with Crippen LogP contribution in [0.4, 0.5) is 11.4 Å². The third-order valence-electron chi connectivity index (χ3n) is 7.05. The molecule has 3 aromatic carbocycles. The van der Waals surface area contributed by atoms with Gasteiger partial charge in [0.2, 0.25) is 15.9 Å². The molecule has 0 radical (unpaired) electrons. The molecule has 1 aliphatic rings. The molecule has 1 amide bonds. The molecular weight excluding hydrogens is 534 g/mol. The first-order chi connectivity index (χ1) is 18.5. The monoisotopic (exact) mass is 569 g/mol. The molecule has 0 aromatic heterocycles. The highest BCUT2D eigenvalue weighted by Crippen LogP contribution is 2.24. The molecule has 0 spiro atoms. The average molecular weight is 570 g/mol. The smallest absolute Gasteiger partial charge is 0.261 e. The minimum atomic E-state index is -3.79. The Morgan fingerprint density at radius 1 is 0.897 bits per heavy atom. The summed E-state index contributed by atoms with van der Waals surface area (Å²) in [6.45, 7) is 4.43. The van der Waals surface area contributed by atoms with Crippen LogP contribution in [0.25, 0.3) is 0 Å². The van der Waals surface area contributed by atoms with Gasteiger partial charge in [-0.1, -0.05) is 36.4 Å². The van der Waals surface area contributed by atoms with E-state index in [1.54, 1.807) is 12.1 Å². The number of amides is 1. The lowest BCUT2D eigenvalue weighted by Crippen LogP contribution is -2.44. The zero-order chi connectivity index (χ0) is 28.0. The number of anilines is 2. The van der Waals surface area contributed by atoms with Gasteiger partial charge < -0.3 is 5.32 Å². The Morgan fingerprint density at radius 3 is 2.28 bits per heavy atom. The van der Waals surface area contributed by atoms with E-state index < -0.39 is 26.0 Å². The van der Waals surface area contributed by atoms with Crippen LogP contribution in [0.5, 0.6) is 0 Å². The summed E-state index contributed by atoms with van der Waals surface area (Å²) in [5.41, 5.74) is 4.08. The number of hydrogen-bond acceptors (Lipinski definition) is 5. The van der Waals surface area contributed by atoms with E-state index in [2.05, 4.69) is 10.0 Å². The lowest BCUT2D eigenvalue weighted by atomic mass is 9.99. The molecule has 0 aliphatic carbocycles. The first kappa shape index (κ1) is 28.8. The van der Waals surface area contributed by atoms with E-state index >= 15 is 0 Å². The molecule has 1 heterocycles. The third kappa shape index (κ3) is 7.68. The summed E-state index contributed by atoms with van der Waals surface area (Å²) in [4.78, 5) is 13.0. The summed E-state index contributed by atoms with van der Waals surface area (Å²) in [5.74, 6) is -0.705. The zero-order valence-corrected chi connectivity index (χ0v) is 23.9. The highest BCUT2D eigenvalue weighted by molar-refractivity contribution is 7.92. The number of aryl methyl sites for hydroxylation is 3. The summed E-state index contributed by atoms with van der Waals surface area (Å²) in [7, 11) is -7.26. The van der Waals surface area contributed by atoms with Gasteiger partial charge in [-0.3, -0.25) is 9.52 Å². The first-order valence-electron chi connectivity index (χ1n) is 13.1. The Bertz CT molecular complexity index is 1510. The highest BCUT2D eigenvalue weighted by Gasteiger charge is 2.32. The molecule has 0 unspecified atom stereocenters. The average Bonchev–Trinajstić information content (AvgIpc) is 2.91. The Morgan fingerprint density at radius 2 is 1.59 bits per heavy atom. The predicted octanol–water partition coefficient (Wildman–Crippen LogP) is 4.72. The van der Waals surface area contributed by atoms with Crippen LogP contribution >= 0.6 is 0 Å². The van der Waals surface area contributed by atoms with Gasteiger partial charge in [-0.2, -0.15) is 0 Å². The second-order valence-electron chi connectivity index (χ2n) is 10.0. The zero-order valence-electron chi connectivity index (χ0n) is 22.3. The number of rotatable bonds is 10. The van der Waals surface area contributed by atoms with Crippen molar-refractivity contribution in [2.24, 2.45) is 5.92 Å². The fraction of sp³-hybridized carbons (Fsp3) is 0.345. The third-order valence-corrected chi connectivity index (χ3v) is 10.4. The molecule has 0 saturated carbocycles. The van der Waals surface area contributed by atoms with E-state index in [1.807, 2.05) is 50.2 Å². The van der Waals surface area contributed by atoms with Crippen molar-refractivity contribution in [3.8, 4) is 0 Å². The maximum Gasteiger partial charge on any atom is 0.261 e. The second kappa shape index (κ2) is 12.3. The van der Waals surface area contributed by atoms with E-state index in [0.717, 1.165) is 16.7 Å². The first-order valence-corrected chi connectivity index (χ1v) is 16.2. The molecule has 208 valence electrons. The molecule has 39 heavy (non-hydrogen) atoms. The van der Waals surface area contributed by atoms with E-state index in [-0.39, 0.29) is 23.1 Å². The molecule has 8 nitrogen and oxygen atoms in total. The predicted molar refractivity (Wildman–Crippen MR) is 155 cm³/mol. The Hall–Kier alpha value is -3.21. The Labute approximate surface area is 231 Å². The van der Waals surface area contributed by atoms with Gasteiger partial charge in [0.05, 0.1) is 16.6 Å². The van der Waals surface area contributed by atoms with Crippen molar-refractivity contribution in [2.75, 3.05) is 28.9 Å². The molecule has 1 atom stereocenters. The van der Waals surface area contributed by atoms with Crippen molar-refractivity contribution in [1.82, 2.24) is 4.31 Å². The van der Waals surface area contributed by atoms with Crippen molar-refractivity contribution >= 4 is 37.3 Å². The van der Waals surface area contributed by atoms with Crippen LogP contribution < -0.4 is 10.0 Å². The summed E-state index contributed by atoms with van der Waals surface area (Å²) >= 11 is 0. The second-order valence-corrected chi connectivity index (χ2v) is 13.8. The van der Waals surface area contributed by atoms with Gasteiger partial charge in [0.15, 0.2) is 0 Å². The van der Waals surface area contributed by atoms with E-state index in [4.69, 9.17) is 0 Å². The summed E-state index contributed by atoms with van der Waals surface area (Å²) in [6.07, 6.45) is 2.41. The van der Waals surface area contributed by atoms with Crippen LogP contribution in [0, 0.1) is 19.8 Å². The highest BCUT2D eigenvalue weighted by atomic mass is 32.2. The van der Waals surface area contributed by atoms with Gasteiger partial charge in [-0.05, 0) is 92.6 Å². The van der Waals surface area contributed by atoms with Gasteiger partial charge in [0.25, 0.3) is 10.0 Å². The SMILES string of the molecule is Cc1ccc(NS(=O)(=O)c2ccc(NC(=O)[C@@H]3CCCN(S(=O)(=O)CCCc4ccccc4)C3)cc2)cc1C. The number of carbonyl (C=O) groups excluding carboxylic acids is 1. The van der Waals surface area contributed by atoms with Crippen molar-refractivity contribution in [2.45, 2.75) is 44.4 Å². The maximum absolute atomic E-state index is 13.0. The number of sulfonamides is 2. The molecule has 4 rings (SSSR count). The largest absolute Gasteiger partial charge is 0.326 e. The van der Waals surface area contributed by atoms with Crippen LogP contribution in [0.15, 0.2) is 77.7 Å². The molecule has 1 aliphatic heterocycles. The summed E-state index contributed by atoms with van der Waals surface area (Å²) in [6, 6.07) is 21.1. The fourth-order valence-corrected chi connectivity index (χ4v) is 7.25. The van der Waals surface area contributed by atoms with Gasteiger partial charge in [0.1, 0.15) is 0 Å². The number of piperidine rings is 1. The van der Waals surface area contributed by atoms with Crippen LogP contribution in [0.2, 0.25) is 0 Å². The number of benzene rings is 3. The number of nitrogens with zero attached hydrogens (tertiary/aromatic N) is 1. The number of hydrogen-bond donors (Lipinski definition) is 2. The number of carbonyl (C=O) groups is 1. The normalized spacial score (nSPS) is 16.5. The minimum Gasteiger partial charge on any atom is -0.326 e. The van der Waals surface area contributed by atoms with Gasteiger partial charge in [0, 0.05) is 24.5 Å². The van der Waals surface area contributed by atoms with Crippen molar-refractivity contribution < 1.29 is 21.6 Å². The van der Waals surface area contributed by atoms with Crippen LogP contribution in [0.3, 0.4) is 0 Å². The van der Waals surface area contributed by atoms with Crippen LogP contribution in [-0.2, 0) is 31.3 Å². The molecular formula is C29H35N3O5S2. The number of nitrogens with one attached hydrogen (secondary N) is 2. The van der Waals surface area contributed by atoms with Crippen molar-refractivity contribution in [1.29, 1.82) is 0 Å². The van der Waals surface area contributed by atoms with Gasteiger partial charge in [-0.15, -0.1) is 0 Å². The quantitative estimate of drug-likeness (QED) is 0.367.